The molecule has 0 nitrogen and oxygen atoms in total. The Morgan fingerprint density at radius 1 is 0.432 bits per heavy atom. The van der Waals surface area contributed by atoms with Crippen molar-refractivity contribution in [3.8, 4) is 29.3 Å². The van der Waals surface area contributed by atoms with Crippen LogP contribution in [0.3, 0.4) is 0 Å². The molecule has 4 heterocycles. The van der Waals surface area contributed by atoms with E-state index >= 15 is 0 Å². The van der Waals surface area contributed by atoms with Gasteiger partial charge in [-0.15, -0.1) is 45.3 Å². The van der Waals surface area contributed by atoms with Crippen LogP contribution >= 0.6 is 45.3 Å². The first-order chi connectivity index (χ1) is 21.7. The minimum Gasteiger partial charge on any atom is -0.143 e. The van der Waals surface area contributed by atoms with Crippen molar-refractivity contribution < 1.29 is 0 Å². The maximum absolute atomic E-state index is 2.62. The average Bonchev–Trinajstić information content (AvgIpc) is 3.84. The van der Waals surface area contributed by atoms with E-state index in [9.17, 15) is 0 Å². The highest BCUT2D eigenvalue weighted by Crippen LogP contribution is 2.48. The van der Waals surface area contributed by atoms with Crippen molar-refractivity contribution in [3.63, 3.8) is 0 Å². The van der Waals surface area contributed by atoms with E-state index in [2.05, 4.69) is 85.4 Å². The lowest BCUT2D eigenvalue weighted by molar-refractivity contribution is 0.666. The van der Waals surface area contributed by atoms with Gasteiger partial charge in [-0.3, -0.25) is 0 Å². The highest BCUT2D eigenvalue weighted by atomic mass is 32.1. The number of unbranched alkanes of at least 4 members (excludes halogenated alkanes) is 12. The number of hydrogen-bond donors (Lipinski definition) is 0. The monoisotopic (exact) mass is 666 g/mol. The molecule has 0 bridgehead atoms. The molecule has 0 aliphatic rings. The average molecular weight is 667 g/mol. The summed E-state index contributed by atoms with van der Waals surface area (Å²) in [6.45, 7) is 9.26. The minimum atomic E-state index is 1.21. The van der Waals surface area contributed by atoms with Crippen LogP contribution in [0.5, 0.6) is 0 Å². The van der Waals surface area contributed by atoms with E-state index in [0.29, 0.717) is 0 Å². The summed E-state index contributed by atoms with van der Waals surface area (Å²) < 4.78 is 0. The molecule has 44 heavy (non-hydrogen) atoms. The fraction of sp³-hybridized carbons (Fsp3) is 0.600. The third-order valence-electron chi connectivity index (χ3n) is 8.91. The molecule has 4 aromatic rings. The highest BCUT2D eigenvalue weighted by Gasteiger charge is 2.20. The van der Waals surface area contributed by atoms with Crippen LogP contribution in [0.1, 0.15) is 153 Å². The van der Waals surface area contributed by atoms with Gasteiger partial charge >= 0.3 is 0 Å². The molecule has 0 atom stereocenters. The maximum Gasteiger partial charge on any atom is 0.0484 e. The van der Waals surface area contributed by atoms with Crippen molar-refractivity contribution in [1.29, 1.82) is 0 Å². The number of aryl methyl sites for hydroxylation is 4. The van der Waals surface area contributed by atoms with Crippen LogP contribution in [0.15, 0.2) is 35.0 Å². The molecule has 0 aliphatic heterocycles. The van der Waals surface area contributed by atoms with E-state index in [0.717, 1.165) is 0 Å². The summed E-state index contributed by atoms with van der Waals surface area (Å²) in [7, 11) is 0. The Morgan fingerprint density at radius 3 is 1.57 bits per heavy atom. The molecule has 0 fully saturated rings. The van der Waals surface area contributed by atoms with E-state index in [4.69, 9.17) is 0 Å². The standard InChI is InChI=1S/C40H58S4/c1-5-9-13-17-21-31-27-35(42-30-31)36-28-33(23-19-15-11-7-3)38(43-36)37-29-34(24-20-16-12-8-4)40(44-37)39-32(25-26-41-39)22-18-14-10-6-2/h25-30H,5-24H2,1-4H3. The van der Waals surface area contributed by atoms with Crippen molar-refractivity contribution >= 4 is 45.3 Å². The summed E-state index contributed by atoms with van der Waals surface area (Å²) in [5.41, 5.74) is 6.33. The van der Waals surface area contributed by atoms with Gasteiger partial charge in [-0.25, -0.2) is 0 Å². The highest BCUT2D eigenvalue weighted by molar-refractivity contribution is 7.28. The predicted molar refractivity (Wildman–Crippen MR) is 206 cm³/mol. The van der Waals surface area contributed by atoms with Crippen molar-refractivity contribution in [3.05, 3.63) is 57.3 Å². The van der Waals surface area contributed by atoms with Gasteiger partial charge in [0.1, 0.15) is 0 Å². The van der Waals surface area contributed by atoms with E-state index in [-0.39, 0.29) is 0 Å². The van der Waals surface area contributed by atoms with Crippen LogP contribution < -0.4 is 0 Å². The summed E-state index contributed by atoms with van der Waals surface area (Å²) in [6, 6.07) is 10.1. The Labute approximate surface area is 286 Å². The summed E-state index contributed by atoms with van der Waals surface area (Å²) in [5, 5.41) is 4.78. The van der Waals surface area contributed by atoms with Crippen LogP contribution in [-0.4, -0.2) is 0 Å². The molecular weight excluding hydrogens is 609 g/mol. The first-order valence-corrected chi connectivity index (χ1v) is 21.5. The van der Waals surface area contributed by atoms with E-state index in [1.54, 1.807) is 31.3 Å². The fourth-order valence-electron chi connectivity index (χ4n) is 6.21. The van der Waals surface area contributed by atoms with Crippen LogP contribution in [0.2, 0.25) is 0 Å². The van der Waals surface area contributed by atoms with Crippen molar-refractivity contribution in [1.82, 2.24) is 0 Å². The zero-order chi connectivity index (χ0) is 31.0. The lowest BCUT2D eigenvalue weighted by Crippen LogP contribution is -1.89. The zero-order valence-corrected chi connectivity index (χ0v) is 31.5. The summed E-state index contributed by atoms with van der Waals surface area (Å²) in [6.07, 6.45) is 26.2. The van der Waals surface area contributed by atoms with Crippen LogP contribution in [0.4, 0.5) is 0 Å². The molecule has 0 N–H and O–H groups in total. The molecule has 0 amide bonds. The van der Waals surface area contributed by atoms with Gasteiger partial charge in [0.2, 0.25) is 0 Å². The molecule has 0 spiro atoms. The van der Waals surface area contributed by atoms with Crippen molar-refractivity contribution in [2.75, 3.05) is 0 Å². The Bertz CT molecular complexity index is 1330. The Balaban J connectivity index is 1.64. The lowest BCUT2D eigenvalue weighted by atomic mass is 10.0. The zero-order valence-electron chi connectivity index (χ0n) is 28.2. The molecule has 4 rings (SSSR count). The quantitative estimate of drug-likeness (QED) is 0.0691. The van der Waals surface area contributed by atoms with E-state index in [1.807, 2.05) is 22.7 Å². The summed E-state index contributed by atoms with van der Waals surface area (Å²) in [4.78, 5) is 9.19. The second kappa shape index (κ2) is 20.1. The summed E-state index contributed by atoms with van der Waals surface area (Å²) >= 11 is 8.13. The number of thiophene rings is 4. The van der Waals surface area contributed by atoms with Crippen LogP contribution in [-0.2, 0) is 25.7 Å². The van der Waals surface area contributed by atoms with Gasteiger partial charge in [0.25, 0.3) is 0 Å². The smallest absolute Gasteiger partial charge is 0.0484 e. The van der Waals surface area contributed by atoms with Gasteiger partial charge in [-0.05, 0) is 109 Å². The van der Waals surface area contributed by atoms with Crippen molar-refractivity contribution in [2.45, 2.75) is 156 Å². The van der Waals surface area contributed by atoms with Gasteiger partial charge in [-0.2, -0.15) is 0 Å². The molecule has 0 saturated carbocycles. The van der Waals surface area contributed by atoms with Gasteiger partial charge in [0.15, 0.2) is 0 Å². The topological polar surface area (TPSA) is 0 Å². The molecule has 0 radical (unpaired) electrons. The first-order valence-electron chi connectivity index (χ1n) is 18.1. The Morgan fingerprint density at radius 2 is 0.955 bits per heavy atom. The van der Waals surface area contributed by atoms with Gasteiger partial charge in [0.05, 0.1) is 0 Å². The van der Waals surface area contributed by atoms with Gasteiger partial charge in [0, 0.05) is 29.3 Å². The molecule has 4 aromatic heterocycles. The Hall–Kier alpha value is -1.20. The first kappa shape index (κ1) is 35.7. The van der Waals surface area contributed by atoms with Crippen molar-refractivity contribution in [2.24, 2.45) is 0 Å². The molecule has 0 aromatic carbocycles. The van der Waals surface area contributed by atoms with Crippen LogP contribution in [0.25, 0.3) is 29.3 Å². The Kier molecular flexibility index (Phi) is 16.3. The third kappa shape index (κ3) is 10.7. The SMILES string of the molecule is CCCCCCc1csc(-c2cc(CCCCCC)c(-c3cc(CCCCCC)c(-c4sccc4CCCCCC)s3)s2)c1. The fourth-order valence-corrected chi connectivity index (χ4v) is 11.0. The maximum atomic E-state index is 2.62. The second-order valence-electron chi connectivity index (χ2n) is 12.8. The summed E-state index contributed by atoms with van der Waals surface area (Å²) in [5.74, 6) is 0. The molecule has 0 unspecified atom stereocenters. The molecule has 0 aliphatic carbocycles. The van der Waals surface area contributed by atoms with E-state index in [1.165, 1.54) is 149 Å². The molecular formula is C40H58S4. The van der Waals surface area contributed by atoms with Gasteiger partial charge < -0.3 is 0 Å². The third-order valence-corrected chi connectivity index (χ3v) is 13.7. The largest absolute Gasteiger partial charge is 0.143 e. The molecule has 4 heteroatoms. The minimum absolute atomic E-state index is 1.21. The number of rotatable bonds is 23. The molecule has 242 valence electrons. The van der Waals surface area contributed by atoms with Gasteiger partial charge in [-0.1, -0.05) is 105 Å². The normalized spacial score (nSPS) is 11.6. The number of hydrogen-bond acceptors (Lipinski definition) is 4. The lowest BCUT2D eigenvalue weighted by Gasteiger charge is -2.06. The predicted octanol–water partition coefficient (Wildman–Crippen LogP) is 15.4. The van der Waals surface area contributed by atoms with E-state index < -0.39 is 0 Å². The second-order valence-corrected chi connectivity index (χ2v) is 16.7. The molecule has 0 saturated heterocycles. The van der Waals surface area contributed by atoms with Crippen LogP contribution in [0, 0.1) is 0 Å².